The van der Waals surface area contributed by atoms with Gasteiger partial charge in [-0.2, -0.15) is 0 Å². The van der Waals surface area contributed by atoms with Gasteiger partial charge in [-0.1, -0.05) is 44.2 Å². The van der Waals surface area contributed by atoms with Gasteiger partial charge in [0, 0.05) is 6.42 Å². The Kier molecular flexibility index (Phi) is 4.82. The number of Topliss-reactive ketones (excluding diaryl/α,β-unsaturated/α-hetero) is 1. The third-order valence-electron chi connectivity index (χ3n) is 2.36. The summed E-state index contributed by atoms with van der Waals surface area (Å²) in [4.78, 5) is 11.7. The topological polar surface area (TPSA) is 17.1 Å². The molecule has 1 heteroatoms. The van der Waals surface area contributed by atoms with Crippen LogP contribution in [0.15, 0.2) is 35.9 Å². The van der Waals surface area contributed by atoms with E-state index in [-0.39, 0.29) is 5.78 Å². The van der Waals surface area contributed by atoms with E-state index < -0.39 is 0 Å². The molecule has 0 spiro atoms. The first kappa shape index (κ1) is 11.7. The molecule has 1 aromatic rings. The summed E-state index contributed by atoms with van der Waals surface area (Å²) in [6.45, 7) is 4.07. The number of hydrogen-bond donors (Lipinski definition) is 0. The van der Waals surface area contributed by atoms with Crippen molar-refractivity contribution < 1.29 is 4.79 Å². The fraction of sp³-hybridized carbons (Fsp3) is 0.357. The van der Waals surface area contributed by atoms with Crippen molar-refractivity contribution in [2.45, 2.75) is 33.1 Å². The van der Waals surface area contributed by atoms with Crippen LogP contribution in [0.4, 0.5) is 0 Å². The van der Waals surface area contributed by atoms with Gasteiger partial charge in [0.15, 0.2) is 5.78 Å². The van der Waals surface area contributed by atoms with E-state index in [0.29, 0.717) is 6.42 Å². The molecule has 15 heavy (non-hydrogen) atoms. The molecule has 1 aromatic carbocycles. The van der Waals surface area contributed by atoms with Crippen LogP contribution < -0.4 is 0 Å². The summed E-state index contributed by atoms with van der Waals surface area (Å²) in [5.74, 6) is 0.281. The minimum atomic E-state index is 0.281. The van der Waals surface area contributed by atoms with Crippen LogP contribution in [0.1, 0.15) is 38.7 Å². The van der Waals surface area contributed by atoms with Crippen LogP contribution in [0.3, 0.4) is 0 Å². The van der Waals surface area contributed by atoms with Gasteiger partial charge in [-0.05, 0) is 30.1 Å². The molecule has 80 valence electrons. The zero-order valence-electron chi connectivity index (χ0n) is 9.49. The molecule has 0 aromatic heterocycles. The molecule has 0 fully saturated rings. The lowest BCUT2D eigenvalue weighted by atomic mass is 10.0. The second kappa shape index (κ2) is 6.18. The van der Waals surface area contributed by atoms with Gasteiger partial charge in [-0.3, -0.25) is 4.79 Å². The third-order valence-corrected chi connectivity index (χ3v) is 2.36. The summed E-state index contributed by atoms with van der Waals surface area (Å²) >= 11 is 0. The van der Waals surface area contributed by atoms with Crippen LogP contribution in [-0.4, -0.2) is 5.78 Å². The van der Waals surface area contributed by atoms with E-state index in [1.54, 1.807) is 0 Å². The van der Waals surface area contributed by atoms with Gasteiger partial charge in [0.2, 0.25) is 0 Å². The number of carbonyl (C=O) groups is 1. The van der Waals surface area contributed by atoms with Gasteiger partial charge in [0.1, 0.15) is 0 Å². The summed E-state index contributed by atoms with van der Waals surface area (Å²) < 4.78 is 0. The standard InChI is InChI=1S/C14H18O/c1-3-8-14(15)13(4-2)11-12-9-6-5-7-10-12/h5-7,9-11H,3-4,8H2,1-2H3. The normalized spacial score (nSPS) is 11.5. The Balaban J connectivity index is 2.83. The molecule has 0 N–H and O–H groups in total. The second-order valence-corrected chi connectivity index (χ2v) is 3.61. The van der Waals surface area contributed by atoms with E-state index in [9.17, 15) is 4.79 Å². The monoisotopic (exact) mass is 202 g/mol. The van der Waals surface area contributed by atoms with Gasteiger partial charge in [0.05, 0.1) is 0 Å². The highest BCUT2D eigenvalue weighted by Crippen LogP contribution is 2.12. The number of allylic oxidation sites excluding steroid dienone is 1. The van der Waals surface area contributed by atoms with Crippen LogP contribution in [0.25, 0.3) is 6.08 Å². The molecule has 1 rings (SSSR count). The summed E-state index contributed by atoms with van der Waals surface area (Å²) in [5.41, 5.74) is 2.04. The lowest BCUT2D eigenvalue weighted by molar-refractivity contribution is -0.115. The Hall–Kier alpha value is -1.37. The molecular formula is C14H18O. The lowest BCUT2D eigenvalue weighted by Gasteiger charge is -2.02. The predicted octanol–water partition coefficient (Wildman–Crippen LogP) is 3.85. The van der Waals surface area contributed by atoms with Crippen LogP contribution in [0, 0.1) is 0 Å². The Morgan fingerprint density at radius 3 is 2.40 bits per heavy atom. The van der Waals surface area contributed by atoms with Gasteiger partial charge >= 0.3 is 0 Å². The van der Waals surface area contributed by atoms with Crippen LogP contribution in [-0.2, 0) is 4.79 Å². The lowest BCUT2D eigenvalue weighted by Crippen LogP contribution is -2.00. The molecule has 0 unspecified atom stereocenters. The number of benzene rings is 1. The molecule has 0 saturated carbocycles. The average molecular weight is 202 g/mol. The average Bonchev–Trinajstić information content (AvgIpc) is 2.27. The van der Waals surface area contributed by atoms with Crippen molar-refractivity contribution in [2.75, 3.05) is 0 Å². The van der Waals surface area contributed by atoms with Crippen molar-refractivity contribution in [2.24, 2.45) is 0 Å². The Bertz CT molecular complexity index is 336. The van der Waals surface area contributed by atoms with Crippen molar-refractivity contribution in [3.8, 4) is 0 Å². The van der Waals surface area contributed by atoms with E-state index >= 15 is 0 Å². The summed E-state index contributed by atoms with van der Waals surface area (Å²) in [5, 5.41) is 0. The number of carbonyl (C=O) groups excluding carboxylic acids is 1. The van der Waals surface area contributed by atoms with Gasteiger partial charge in [-0.15, -0.1) is 0 Å². The smallest absolute Gasteiger partial charge is 0.158 e. The Morgan fingerprint density at radius 1 is 1.20 bits per heavy atom. The van der Waals surface area contributed by atoms with Crippen LogP contribution in [0.2, 0.25) is 0 Å². The van der Waals surface area contributed by atoms with Crippen molar-refractivity contribution in [1.29, 1.82) is 0 Å². The largest absolute Gasteiger partial charge is 0.295 e. The summed E-state index contributed by atoms with van der Waals surface area (Å²) in [6.07, 6.45) is 4.39. The zero-order valence-corrected chi connectivity index (χ0v) is 9.49. The van der Waals surface area contributed by atoms with E-state index in [2.05, 4.69) is 0 Å². The quantitative estimate of drug-likeness (QED) is 0.663. The first-order chi connectivity index (χ1) is 7.27. The molecule has 0 heterocycles. The van der Waals surface area contributed by atoms with Gasteiger partial charge in [0.25, 0.3) is 0 Å². The van der Waals surface area contributed by atoms with E-state index in [4.69, 9.17) is 0 Å². The second-order valence-electron chi connectivity index (χ2n) is 3.61. The first-order valence-electron chi connectivity index (χ1n) is 5.56. The summed E-state index contributed by atoms with van der Waals surface area (Å²) in [7, 11) is 0. The fourth-order valence-electron chi connectivity index (χ4n) is 1.52. The Morgan fingerprint density at radius 2 is 1.87 bits per heavy atom. The van der Waals surface area contributed by atoms with E-state index in [1.807, 2.05) is 50.3 Å². The van der Waals surface area contributed by atoms with Crippen molar-refractivity contribution in [3.05, 3.63) is 41.5 Å². The maximum atomic E-state index is 11.7. The Labute approximate surface area is 91.8 Å². The third kappa shape index (κ3) is 3.70. The highest BCUT2D eigenvalue weighted by Gasteiger charge is 2.05. The minimum absolute atomic E-state index is 0.281. The molecule has 0 amide bonds. The predicted molar refractivity (Wildman–Crippen MR) is 64.6 cm³/mol. The number of hydrogen-bond acceptors (Lipinski definition) is 1. The molecule has 0 aliphatic rings. The maximum absolute atomic E-state index is 11.7. The SMILES string of the molecule is CCCC(=O)C(=Cc1ccccc1)CC. The molecule has 0 saturated heterocycles. The molecular weight excluding hydrogens is 184 g/mol. The van der Waals surface area contributed by atoms with Crippen molar-refractivity contribution >= 4 is 11.9 Å². The number of rotatable bonds is 5. The van der Waals surface area contributed by atoms with Gasteiger partial charge in [-0.25, -0.2) is 0 Å². The fourth-order valence-corrected chi connectivity index (χ4v) is 1.52. The molecule has 1 nitrogen and oxygen atoms in total. The molecule has 0 radical (unpaired) electrons. The van der Waals surface area contributed by atoms with E-state index in [0.717, 1.165) is 24.0 Å². The maximum Gasteiger partial charge on any atom is 0.158 e. The van der Waals surface area contributed by atoms with Crippen molar-refractivity contribution in [3.63, 3.8) is 0 Å². The summed E-state index contributed by atoms with van der Waals surface area (Å²) in [6, 6.07) is 10.0. The zero-order chi connectivity index (χ0) is 11.1. The first-order valence-corrected chi connectivity index (χ1v) is 5.56. The molecule has 0 atom stereocenters. The minimum Gasteiger partial charge on any atom is -0.295 e. The molecule has 0 bridgehead atoms. The molecule has 0 aliphatic heterocycles. The van der Waals surface area contributed by atoms with E-state index in [1.165, 1.54) is 0 Å². The van der Waals surface area contributed by atoms with Gasteiger partial charge < -0.3 is 0 Å². The van der Waals surface area contributed by atoms with Crippen LogP contribution in [0.5, 0.6) is 0 Å². The van der Waals surface area contributed by atoms with Crippen molar-refractivity contribution in [1.82, 2.24) is 0 Å². The van der Waals surface area contributed by atoms with Crippen LogP contribution >= 0.6 is 0 Å². The highest BCUT2D eigenvalue weighted by atomic mass is 16.1. The highest BCUT2D eigenvalue weighted by molar-refractivity contribution is 5.99. The molecule has 0 aliphatic carbocycles. The number of ketones is 1.